The Balaban J connectivity index is 0.00000272. The molecular weight excluding hydrogens is 417 g/mol. The van der Waals surface area contributed by atoms with Crippen molar-refractivity contribution in [2.24, 2.45) is 5.92 Å². The van der Waals surface area contributed by atoms with Gasteiger partial charge >= 0.3 is 0 Å². The number of benzene rings is 2. The Hall–Kier alpha value is -2.27. The number of anilines is 1. The number of nitrogens with zero attached hydrogens (tertiary/aromatic N) is 1. The van der Waals surface area contributed by atoms with Crippen LogP contribution in [0.25, 0.3) is 0 Å². The average molecular weight is 448 g/mol. The summed E-state index contributed by atoms with van der Waals surface area (Å²) in [7, 11) is 0. The molecule has 0 amide bonds. The molecule has 1 unspecified atom stereocenters. The maximum atomic E-state index is 15.9. The molecule has 4 rings (SSSR count). The third-order valence-electron chi connectivity index (χ3n) is 6.24. The molecule has 2 aliphatic rings. The highest BCUT2D eigenvalue weighted by molar-refractivity contribution is 6.07. The van der Waals surface area contributed by atoms with Crippen molar-refractivity contribution in [2.75, 3.05) is 31.2 Å². The van der Waals surface area contributed by atoms with Crippen LogP contribution in [0.15, 0.2) is 42.5 Å². The van der Waals surface area contributed by atoms with Gasteiger partial charge in [-0.25, -0.2) is 4.39 Å². The van der Waals surface area contributed by atoms with E-state index in [1.807, 2.05) is 32.0 Å². The zero-order valence-electron chi connectivity index (χ0n) is 18.2. The lowest BCUT2D eigenvalue weighted by Gasteiger charge is -2.35. The molecule has 4 nitrogen and oxygen atoms in total. The van der Waals surface area contributed by atoms with E-state index in [9.17, 15) is 4.79 Å². The van der Waals surface area contributed by atoms with Crippen molar-refractivity contribution in [1.29, 1.82) is 0 Å². The fraction of sp³-hybridized carbons (Fsp3) is 0.480. The molecule has 2 aromatic carbocycles. The minimum absolute atomic E-state index is 0. The van der Waals surface area contributed by atoms with Crippen LogP contribution in [0.3, 0.4) is 0 Å². The third-order valence-corrected chi connectivity index (χ3v) is 6.24. The van der Waals surface area contributed by atoms with Gasteiger partial charge in [0.25, 0.3) is 0 Å². The maximum absolute atomic E-state index is 15.9. The zero-order valence-corrected chi connectivity index (χ0v) is 19.1. The molecule has 0 N–H and O–H groups in total. The van der Waals surface area contributed by atoms with Crippen LogP contribution >= 0.6 is 12.4 Å². The molecule has 1 aliphatic carbocycles. The Morgan fingerprint density at radius 3 is 2.26 bits per heavy atom. The van der Waals surface area contributed by atoms with Gasteiger partial charge in [0.1, 0.15) is 0 Å². The quantitative estimate of drug-likeness (QED) is 0.549. The number of alkyl halides is 1. The summed E-state index contributed by atoms with van der Waals surface area (Å²) in [6.45, 7) is 6.53. The molecule has 0 saturated carbocycles. The molecular formula is C25H31ClFNO3. The number of carbonyl (C=O) groups is 1. The van der Waals surface area contributed by atoms with Crippen LogP contribution in [0, 0.1) is 5.92 Å². The minimum atomic E-state index is -1.82. The summed E-state index contributed by atoms with van der Waals surface area (Å²) < 4.78 is 27.2. The molecule has 1 heterocycles. The van der Waals surface area contributed by atoms with Crippen LogP contribution < -0.4 is 14.4 Å². The second kappa shape index (κ2) is 9.90. The van der Waals surface area contributed by atoms with Gasteiger partial charge in [0.2, 0.25) is 5.78 Å². The second-order valence-electron chi connectivity index (χ2n) is 8.26. The predicted molar refractivity (Wildman–Crippen MR) is 124 cm³/mol. The van der Waals surface area contributed by atoms with Crippen LogP contribution in [0.2, 0.25) is 0 Å². The van der Waals surface area contributed by atoms with E-state index in [4.69, 9.17) is 9.47 Å². The molecule has 1 atom stereocenters. The van der Waals surface area contributed by atoms with Crippen molar-refractivity contribution in [3.63, 3.8) is 0 Å². The molecule has 0 spiro atoms. The largest absolute Gasteiger partial charge is 0.490 e. The first kappa shape index (κ1) is 23.4. The predicted octanol–water partition coefficient (Wildman–Crippen LogP) is 5.66. The molecule has 1 aliphatic heterocycles. The Labute approximate surface area is 190 Å². The summed E-state index contributed by atoms with van der Waals surface area (Å²) in [6, 6.07) is 13.8. The number of carbonyl (C=O) groups excluding carboxylic acids is 1. The SMILES string of the molecule is CCOc1cc2c(cc1OCC)C(=O)C(F)(CC1CCN(c3ccccc3)CC1)C2.Cl. The van der Waals surface area contributed by atoms with E-state index in [2.05, 4.69) is 17.0 Å². The standard InChI is InChI=1S/C25H30FNO3.ClH/c1-3-29-22-14-19-17-25(26,24(28)21(19)15-23(22)30-4-2)16-18-10-12-27(13-11-18)20-8-6-5-7-9-20;/h5-9,14-15,18H,3-4,10-13,16-17H2,1-2H3;1H. The summed E-state index contributed by atoms with van der Waals surface area (Å²) in [5.41, 5.74) is 0.570. The van der Waals surface area contributed by atoms with E-state index in [1.54, 1.807) is 12.1 Å². The number of para-hydroxylation sites is 1. The number of halogens is 2. The van der Waals surface area contributed by atoms with E-state index in [1.165, 1.54) is 5.69 Å². The number of piperidine rings is 1. The number of fused-ring (bicyclic) bond motifs is 1. The Kier molecular flexibility index (Phi) is 7.47. The molecule has 168 valence electrons. The first-order valence-corrected chi connectivity index (χ1v) is 11.0. The summed E-state index contributed by atoms with van der Waals surface area (Å²) >= 11 is 0. The minimum Gasteiger partial charge on any atom is -0.490 e. The Bertz CT molecular complexity index is 899. The normalized spacial score (nSPS) is 20.9. The van der Waals surface area contributed by atoms with E-state index < -0.39 is 11.5 Å². The lowest BCUT2D eigenvalue weighted by molar-refractivity contribution is 0.0636. The zero-order chi connectivity index (χ0) is 21.1. The van der Waals surface area contributed by atoms with Gasteiger partial charge in [-0.15, -0.1) is 12.4 Å². The van der Waals surface area contributed by atoms with Gasteiger partial charge in [0.15, 0.2) is 17.2 Å². The summed E-state index contributed by atoms with van der Waals surface area (Å²) in [6.07, 6.45) is 2.22. The van der Waals surface area contributed by atoms with Gasteiger partial charge in [0.05, 0.1) is 13.2 Å². The van der Waals surface area contributed by atoms with Crippen LogP contribution in [0.5, 0.6) is 11.5 Å². The molecule has 1 saturated heterocycles. The smallest absolute Gasteiger partial charge is 0.200 e. The van der Waals surface area contributed by atoms with Crippen LogP contribution in [0.4, 0.5) is 10.1 Å². The van der Waals surface area contributed by atoms with Crippen molar-refractivity contribution >= 4 is 23.9 Å². The molecule has 0 aromatic heterocycles. The van der Waals surface area contributed by atoms with Crippen LogP contribution in [-0.2, 0) is 6.42 Å². The van der Waals surface area contributed by atoms with Gasteiger partial charge in [-0.2, -0.15) is 0 Å². The summed E-state index contributed by atoms with van der Waals surface area (Å²) in [4.78, 5) is 15.4. The van der Waals surface area contributed by atoms with Crippen molar-refractivity contribution in [1.82, 2.24) is 0 Å². The monoisotopic (exact) mass is 447 g/mol. The molecule has 2 aromatic rings. The lowest BCUT2D eigenvalue weighted by Crippen LogP contribution is -2.39. The van der Waals surface area contributed by atoms with E-state index in [0.29, 0.717) is 30.3 Å². The molecule has 1 fully saturated rings. The molecule has 0 bridgehead atoms. The van der Waals surface area contributed by atoms with E-state index in [-0.39, 0.29) is 31.2 Å². The molecule has 0 radical (unpaired) electrons. The maximum Gasteiger partial charge on any atom is 0.200 e. The number of hydrogen-bond acceptors (Lipinski definition) is 4. The molecule has 6 heteroatoms. The summed E-state index contributed by atoms with van der Waals surface area (Å²) in [5.74, 6) is 0.927. The number of hydrogen-bond donors (Lipinski definition) is 0. The first-order chi connectivity index (χ1) is 14.5. The van der Waals surface area contributed by atoms with Crippen LogP contribution in [0.1, 0.15) is 49.0 Å². The van der Waals surface area contributed by atoms with Crippen molar-refractivity contribution < 1.29 is 18.7 Å². The fourth-order valence-corrected chi connectivity index (χ4v) is 4.78. The van der Waals surface area contributed by atoms with Gasteiger partial charge in [-0.05, 0) is 68.9 Å². The van der Waals surface area contributed by atoms with Gasteiger partial charge in [-0.3, -0.25) is 4.79 Å². The topological polar surface area (TPSA) is 38.8 Å². The van der Waals surface area contributed by atoms with Gasteiger partial charge < -0.3 is 14.4 Å². The third kappa shape index (κ3) is 4.82. The summed E-state index contributed by atoms with van der Waals surface area (Å²) in [5, 5.41) is 0. The van der Waals surface area contributed by atoms with Crippen LogP contribution in [-0.4, -0.2) is 37.8 Å². The highest BCUT2D eigenvalue weighted by Crippen LogP contribution is 2.44. The first-order valence-electron chi connectivity index (χ1n) is 11.0. The Morgan fingerprint density at radius 2 is 1.65 bits per heavy atom. The highest BCUT2D eigenvalue weighted by Gasteiger charge is 2.48. The number of Topliss-reactive ketones (excluding diaryl/α,β-unsaturated/α-hetero) is 1. The van der Waals surface area contributed by atoms with Crippen molar-refractivity contribution in [3.8, 4) is 11.5 Å². The van der Waals surface area contributed by atoms with Crippen molar-refractivity contribution in [3.05, 3.63) is 53.6 Å². The molecule has 31 heavy (non-hydrogen) atoms. The Morgan fingerprint density at radius 1 is 1.03 bits per heavy atom. The second-order valence-corrected chi connectivity index (χ2v) is 8.26. The van der Waals surface area contributed by atoms with Gasteiger partial charge in [-0.1, -0.05) is 18.2 Å². The van der Waals surface area contributed by atoms with Gasteiger partial charge in [0, 0.05) is 30.8 Å². The number of ketones is 1. The van der Waals surface area contributed by atoms with E-state index in [0.717, 1.165) is 31.5 Å². The number of ether oxygens (including phenoxy) is 2. The fourth-order valence-electron chi connectivity index (χ4n) is 4.78. The van der Waals surface area contributed by atoms with Crippen molar-refractivity contribution in [2.45, 2.75) is 45.2 Å². The average Bonchev–Trinajstić information content (AvgIpc) is 2.99. The number of rotatable bonds is 7. The van der Waals surface area contributed by atoms with E-state index >= 15 is 4.39 Å². The highest BCUT2D eigenvalue weighted by atomic mass is 35.5. The lowest BCUT2D eigenvalue weighted by atomic mass is 9.83.